The Labute approximate surface area is 193 Å². The summed E-state index contributed by atoms with van der Waals surface area (Å²) in [6.07, 6.45) is 0. The Morgan fingerprint density at radius 2 is 1.78 bits per heavy atom. The number of ether oxygens (including phenoxy) is 1. The van der Waals surface area contributed by atoms with Gasteiger partial charge in [-0.2, -0.15) is 0 Å². The van der Waals surface area contributed by atoms with Gasteiger partial charge in [0.15, 0.2) is 0 Å². The molecule has 164 valence electrons. The number of hydrogen-bond acceptors (Lipinski definition) is 3. The number of nitrogens with one attached hydrogen (secondary N) is 1. The Morgan fingerprint density at radius 3 is 2.53 bits per heavy atom. The number of carbonyl (C=O) groups is 1. The van der Waals surface area contributed by atoms with Crippen molar-refractivity contribution in [1.29, 1.82) is 0 Å². The van der Waals surface area contributed by atoms with Crippen LogP contribution in [0.4, 0.5) is 0 Å². The Hall–Kier alpha value is -3.31. The third-order valence-electron chi connectivity index (χ3n) is 5.48. The first-order valence-electron chi connectivity index (χ1n) is 10.6. The van der Waals surface area contributed by atoms with Gasteiger partial charge in [0.25, 0.3) is 5.91 Å². The fourth-order valence-corrected chi connectivity index (χ4v) is 4.09. The molecule has 5 nitrogen and oxygen atoms in total. The molecule has 1 N–H and O–H groups in total. The highest BCUT2D eigenvalue weighted by molar-refractivity contribution is 6.30. The van der Waals surface area contributed by atoms with Crippen LogP contribution < -0.4 is 10.1 Å². The number of nitrogens with zero attached hydrogens (tertiary/aromatic N) is 2. The van der Waals surface area contributed by atoms with Crippen molar-refractivity contribution in [3.63, 3.8) is 0 Å². The SMILES string of the molecule is Cc1cccc(C)c1OCCn1c(C(C)NC(=O)c2cccc(Cl)c2)nc2ccccc21. The van der Waals surface area contributed by atoms with Crippen molar-refractivity contribution in [3.8, 4) is 5.75 Å². The van der Waals surface area contributed by atoms with Crippen molar-refractivity contribution in [2.45, 2.75) is 33.4 Å². The van der Waals surface area contributed by atoms with Crippen LogP contribution in [0.5, 0.6) is 5.75 Å². The van der Waals surface area contributed by atoms with E-state index in [1.165, 1.54) is 0 Å². The maximum absolute atomic E-state index is 12.7. The van der Waals surface area contributed by atoms with Crippen molar-refractivity contribution in [2.75, 3.05) is 6.61 Å². The molecule has 1 atom stereocenters. The average Bonchev–Trinajstić information content (AvgIpc) is 3.14. The van der Waals surface area contributed by atoms with Gasteiger partial charge in [-0.05, 0) is 62.2 Å². The molecule has 0 aliphatic rings. The summed E-state index contributed by atoms with van der Waals surface area (Å²) in [7, 11) is 0. The second kappa shape index (κ2) is 9.45. The third-order valence-corrected chi connectivity index (χ3v) is 5.71. The van der Waals surface area contributed by atoms with Gasteiger partial charge in [-0.15, -0.1) is 0 Å². The summed E-state index contributed by atoms with van der Waals surface area (Å²) in [5, 5.41) is 3.57. The molecule has 0 radical (unpaired) electrons. The molecule has 0 fully saturated rings. The van der Waals surface area contributed by atoms with Gasteiger partial charge in [-0.3, -0.25) is 4.79 Å². The van der Waals surface area contributed by atoms with Gasteiger partial charge in [0, 0.05) is 10.6 Å². The van der Waals surface area contributed by atoms with Crippen LogP contribution in [0.2, 0.25) is 5.02 Å². The molecular formula is C26H26ClN3O2. The molecule has 3 aromatic carbocycles. The molecule has 6 heteroatoms. The number of fused-ring (bicyclic) bond motifs is 1. The first kappa shape index (κ1) is 21.9. The zero-order valence-corrected chi connectivity index (χ0v) is 19.2. The van der Waals surface area contributed by atoms with E-state index in [4.69, 9.17) is 21.3 Å². The van der Waals surface area contributed by atoms with E-state index in [9.17, 15) is 4.79 Å². The lowest BCUT2D eigenvalue weighted by molar-refractivity contribution is 0.0937. The molecule has 4 aromatic rings. The van der Waals surface area contributed by atoms with E-state index in [0.717, 1.165) is 33.7 Å². The summed E-state index contributed by atoms with van der Waals surface area (Å²) in [6, 6.07) is 20.7. The van der Waals surface area contributed by atoms with E-state index < -0.39 is 0 Å². The van der Waals surface area contributed by atoms with Crippen molar-refractivity contribution in [1.82, 2.24) is 14.9 Å². The number of imidazole rings is 1. The number of amides is 1. The Bertz CT molecular complexity index is 1240. The quantitative estimate of drug-likeness (QED) is 0.385. The zero-order chi connectivity index (χ0) is 22.7. The molecular weight excluding hydrogens is 422 g/mol. The van der Waals surface area contributed by atoms with Crippen LogP contribution in [0.15, 0.2) is 66.7 Å². The minimum absolute atomic E-state index is 0.189. The summed E-state index contributed by atoms with van der Waals surface area (Å²) in [5.41, 5.74) is 4.64. The summed E-state index contributed by atoms with van der Waals surface area (Å²) in [6.45, 7) is 7.14. The predicted octanol–water partition coefficient (Wildman–Crippen LogP) is 5.88. The van der Waals surface area contributed by atoms with Crippen LogP contribution >= 0.6 is 11.6 Å². The number of aryl methyl sites for hydroxylation is 2. The largest absolute Gasteiger partial charge is 0.491 e. The number of hydrogen-bond donors (Lipinski definition) is 1. The van der Waals surface area contributed by atoms with Crippen LogP contribution in [0.25, 0.3) is 11.0 Å². The van der Waals surface area contributed by atoms with E-state index in [-0.39, 0.29) is 11.9 Å². The fraction of sp³-hybridized carbons (Fsp3) is 0.231. The maximum Gasteiger partial charge on any atom is 0.251 e. The molecule has 1 aromatic heterocycles. The van der Waals surface area contributed by atoms with Crippen molar-refractivity contribution < 1.29 is 9.53 Å². The Balaban J connectivity index is 1.56. The molecule has 4 rings (SSSR count). The lowest BCUT2D eigenvalue weighted by Crippen LogP contribution is -2.29. The van der Waals surface area contributed by atoms with Gasteiger partial charge >= 0.3 is 0 Å². The first-order chi connectivity index (χ1) is 15.4. The van der Waals surface area contributed by atoms with Gasteiger partial charge in [-0.1, -0.05) is 48.0 Å². The number of carbonyl (C=O) groups excluding carboxylic acids is 1. The minimum Gasteiger partial charge on any atom is -0.491 e. The molecule has 0 aliphatic heterocycles. The lowest BCUT2D eigenvalue weighted by atomic mass is 10.1. The minimum atomic E-state index is -0.297. The molecule has 0 saturated carbocycles. The van der Waals surface area contributed by atoms with Gasteiger partial charge in [0.05, 0.1) is 23.6 Å². The molecule has 0 saturated heterocycles. The molecule has 0 spiro atoms. The van der Waals surface area contributed by atoms with Crippen LogP contribution in [0, 0.1) is 13.8 Å². The number of aromatic nitrogens is 2. The van der Waals surface area contributed by atoms with Gasteiger partial charge in [-0.25, -0.2) is 4.98 Å². The van der Waals surface area contributed by atoms with E-state index in [1.54, 1.807) is 24.3 Å². The molecule has 0 bridgehead atoms. The molecule has 1 heterocycles. The number of halogens is 1. The summed E-state index contributed by atoms with van der Waals surface area (Å²) in [5.74, 6) is 1.51. The topological polar surface area (TPSA) is 56.1 Å². The van der Waals surface area contributed by atoms with Gasteiger partial charge < -0.3 is 14.6 Å². The Morgan fingerprint density at radius 1 is 1.06 bits per heavy atom. The lowest BCUT2D eigenvalue weighted by Gasteiger charge is -2.18. The highest BCUT2D eigenvalue weighted by Crippen LogP contribution is 2.24. The monoisotopic (exact) mass is 447 g/mol. The highest BCUT2D eigenvalue weighted by Gasteiger charge is 2.19. The molecule has 0 aliphatic carbocycles. The zero-order valence-electron chi connectivity index (χ0n) is 18.4. The van der Waals surface area contributed by atoms with Crippen molar-refractivity contribution in [3.05, 3.63) is 94.3 Å². The van der Waals surface area contributed by atoms with Gasteiger partial charge in [0.2, 0.25) is 0 Å². The van der Waals surface area contributed by atoms with E-state index in [1.807, 2.05) is 63.2 Å². The normalized spacial score (nSPS) is 12.0. The second-order valence-electron chi connectivity index (χ2n) is 7.89. The fourth-order valence-electron chi connectivity index (χ4n) is 3.90. The van der Waals surface area contributed by atoms with E-state index >= 15 is 0 Å². The van der Waals surface area contributed by atoms with Crippen LogP contribution in [0.3, 0.4) is 0 Å². The predicted molar refractivity (Wildman–Crippen MR) is 128 cm³/mol. The van der Waals surface area contributed by atoms with E-state index in [2.05, 4.69) is 9.88 Å². The van der Waals surface area contributed by atoms with Crippen LogP contribution in [-0.2, 0) is 6.54 Å². The summed E-state index contributed by atoms with van der Waals surface area (Å²) >= 11 is 6.04. The highest BCUT2D eigenvalue weighted by atomic mass is 35.5. The van der Waals surface area contributed by atoms with Crippen LogP contribution in [-0.4, -0.2) is 22.1 Å². The van der Waals surface area contributed by atoms with Gasteiger partial charge in [0.1, 0.15) is 18.2 Å². The number of benzene rings is 3. The number of para-hydroxylation sites is 3. The third kappa shape index (κ3) is 4.63. The summed E-state index contributed by atoms with van der Waals surface area (Å²) < 4.78 is 8.25. The van der Waals surface area contributed by atoms with E-state index in [0.29, 0.717) is 23.7 Å². The standard InChI is InChI=1S/C26H26ClN3O2/c1-17-8-6-9-18(2)24(17)32-15-14-30-23-13-5-4-12-22(23)29-25(30)19(3)28-26(31)20-10-7-11-21(27)16-20/h4-13,16,19H,14-15H2,1-3H3,(H,28,31). The second-order valence-corrected chi connectivity index (χ2v) is 8.32. The first-order valence-corrected chi connectivity index (χ1v) is 11.0. The smallest absolute Gasteiger partial charge is 0.251 e. The average molecular weight is 448 g/mol. The molecule has 1 unspecified atom stereocenters. The number of rotatable bonds is 7. The summed E-state index contributed by atoms with van der Waals surface area (Å²) in [4.78, 5) is 17.6. The Kier molecular flexibility index (Phi) is 6.47. The van der Waals surface area contributed by atoms with Crippen molar-refractivity contribution >= 4 is 28.5 Å². The molecule has 1 amide bonds. The van der Waals surface area contributed by atoms with Crippen LogP contribution in [0.1, 0.15) is 40.3 Å². The molecule has 32 heavy (non-hydrogen) atoms. The maximum atomic E-state index is 12.7. The van der Waals surface area contributed by atoms with Crippen molar-refractivity contribution in [2.24, 2.45) is 0 Å².